The van der Waals surface area contributed by atoms with Crippen LogP contribution in [0.4, 0.5) is 0 Å². The third-order valence-corrected chi connectivity index (χ3v) is 3.36. The van der Waals surface area contributed by atoms with Gasteiger partial charge in [-0.15, -0.1) is 0 Å². The summed E-state index contributed by atoms with van der Waals surface area (Å²) in [6.45, 7) is 12.2. The molecule has 1 fully saturated rings. The van der Waals surface area contributed by atoms with Crippen LogP contribution in [0.5, 0.6) is 0 Å². The second kappa shape index (κ2) is 8.04. The molecule has 0 N–H and O–H groups in total. The van der Waals surface area contributed by atoms with E-state index in [1.54, 1.807) is 4.90 Å². The molecule has 0 aromatic carbocycles. The predicted molar refractivity (Wildman–Crippen MR) is 78.2 cm³/mol. The van der Waals surface area contributed by atoms with E-state index in [1.807, 2.05) is 6.92 Å². The Kier molecular flexibility index (Phi) is 6.71. The first kappa shape index (κ1) is 16.7. The minimum absolute atomic E-state index is 0.0160. The normalized spacial score (nSPS) is 18.4. The summed E-state index contributed by atoms with van der Waals surface area (Å²) in [6.07, 6.45) is 2.25. The summed E-state index contributed by atoms with van der Waals surface area (Å²) in [5.74, 6) is 0.283. The summed E-state index contributed by atoms with van der Waals surface area (Å²) in [6, 6.07) is 0. The van der Waals surface area contributed by atoms with Gasteiger partial charge in [0.15, 0.2) is 0 Å². The molecule has 1 heterocycles. The molecule has 0 aromatic rings. The van der Waals surface area contributed by atoms with Gasteiger partial charge in [0.1, 0.15) is 0 Å². The van der Waals surface area contributed by atoms with Crippen LogP contribution >= 0.6 is 0 Å². The Morgan fingerprint density at radius 1 is 1.50 bits per heavy atom. The van der Waals surface area contributed by atoms with Gasteiger partial charge in [0.25, 0.3) is 0 Å². The number of carbonyl (C=O) groups is 2. The van der Waals surface area contributed by atoms with Gasteiger partial charge in [-0.25, -0.2) is 0 Å². The van der Waals surface area contributed by atoms with E-state index in [4.69, 9.17) is 4.74 Å². The fourth-order valence-electron chi connectivity index (χ4n) is 2.16. The van der Waals surface area contributed by atoms with Crippen LogP contribution < -0.4 is 0 Å². The van der Waals surface area contributed by atoms with Crippen molar-refractivity contribution in [2.75, 3.05) is 32.8 Å². The van der Waals surface area contributed by atoms with Crippen LogP contribution in [-0.4, -0.2) is 60.5 Å². The molecule has 1 aliphatic heterocycles. The van der Waals surface area contributed by atoms with Gasteiger partial charge in [-0.1, -0.05) is 20.4 Å². The van der Waals surface area contributed by atoms with Crippen molar-refractivity contribution < 1.29 is 14.3 Å². The molecular weight excluding hydrogens is 256 g/mol. The molecule has 0 bridgehead atoms. The average molecular weight is 282 g/mol. The summed E-state index contributed by atoms with van der Waals surface area (Å²) >= 11 is 0. The van der Waals surface area contributed by atoms with Crippen LogP contribution in [0.25, 0.3) is 0 Å². The maximum atomic E-state index is 12.2. The number of hydrogen-bond donors (Lipinski definition) is 0. The Hall–Kier alpha value is -1.36. The smallest absolute Gasteiger partial charge is 0.246 e. The van der Waals surface area contributed by atoms with E-state index in [2.05, 4.69) is 20.4 Å². The van der Waals surface area contributed by atoms with Gasteiger partial charge in [-0.05, 0) is 25.3 Å². The van der Waals surface area contributed by atoms with Crippen LogP contribution in [0, 0.1) is 5.92 Å². The quantitative estimate of drug-likeness (QED) is 0.661. The molecule has 1 unspecified atom stereocenters. The van der Waals surface area contributed by atoms with Crippen molar-refractivity contribution in [2.24, 2.45) is 5.92 Å². The van der Waals surface area contributed by atoms with Crippen molar-refractivity contribution in [2.45, 2.75) is 33.3 Å². The molecule has 0 spiro atoms. The highest BCUT2D eigenvalue weighted by molar-refractivity contribution is 5.90. The highest BCUT2D eigenvalue weighted by Gasteiger charge is 2.28. The summed E-state index contributed by atoms with van der Waals surface area (Å²) in [5, 5.41) is 0. The van der Waals surface area contributed by atoms with Crippen LogP contribution in [-0.2, 0) is 14.3 Å². The van der Waals surface area contributed by atoms with Gasteiger partial charge < -0.3 is 14.5 Å². The molecule has 1 aliphatic rings. The molecule has 5 nitrogen and oxygen atoms in total. The molecule has 114 valence electrons. The van der Waals surface area contributed by atoms with Crippen molar-refractivity contribution in [3.8, 4) is 0 Å². The first-order valence-electron chi connectivity index (χ1n) is 7.28. The zero-order chi connectivity index (χ0) is 15.1. The second-order valence-corrected chi connectivity index (χ2v) is 5.53. The minimum Gasteiger partial charge on any atom is -0.376 e. The number of nitrogens with zero attached hydrogens (tertiary/aromatic N) is 2. The van der Waals surface area contributed by atoms with E-state index >= 15 is 0 Å². The number of rotatable bonds is 7. The molecular formula is C15H26N2O3. The fraction of sp³-hybridized carbons (Fsp3) is 0.733. The van der Waals surface area contributed by atoms with Gasteiger partial charge in [-0.3, -0.25) is 9.59 Å². The molecule has 0 aromatic heterocycles. The van der Waals surface area contributed by atoms with Crippen LogP contribution in [0.15, 0.2) is 12.7 Å². The van der Waals surface area contributed by atoms with Crippen LogP contribution in [0.1, 0.15) is 27.2 Å². The molecule has 2 amide bonds. The Morgan fingerprint density at radius 2 is 2.20 bits per heavy atom. The number of amides is 2. The lowest BCUT2D eigenvalue weighted by Crippen LogP contribution is -2.41. The summed E-state index contributed by atoms with van der Waals surface area (Å²) < 4.78 is 5.75. The number of likely N-dealkylation sites (N-methyl/N-ethyl adjacent to an activating group) is 1. The minimum atomic E-state index is -0.201. The summed E-state index contributed by atoms with van der Waals surface area (Å²) in [4.78, 5) is 27.0. The zero-order valence-corrected chi connectivity index (χ0v) is 12.8. The molecule has 0 radical (unpaired) electrons. The largest absolute Gasteiger partial charge is 0.376 e. The van der Waals surface area contributed by atoms with Gasteiger partial charge in [0, 0.05) is 26.2 Å². The van der Waals surface area contributed by atoms with E-state index in [0.29, 0.717) is 25.6 Å². The monoisotopic (exact) mass is 282 g/mol. The van der Waals surface area contributed by atoms with E-state index < -0.39 is 0 Å². The van der Waals surface area contributed by atoms with Crippen molar-refractivity contribution in [1.29, 1.82) is 0 Å². The fourth-order valence-corrected chi connectivity index (χ4v) is 2.16. The summed E-state index contributed by atoms with van der Waals surface area (Å²) in [7, 11) is 0. The third-order valence-electron chi connectivity index (χ3n) is 3.36. The first-order valence-corrected chi connectivity index (χ1v) is 7.28. The Morgan fingerprint density at radius 3 is 2.75 bits per heavy atom. The van der Waals surface area contributed by atoms with E-state index in [0.717, 1.165) is 13.0 Å². The molecule has 0 aliphatic carbocycles. The zero-order valence-electron chi connectivity index (χ0n) is 12.8. The van der Waals surface area contributed by atoms with Gasteiger partial charge in [-0.2, -0.15) is 0 Å². The topological polar surface area (TPSA) is 49.9 Å². The van der Waals surface area contributed by atoms with Crippen molar-refractivity contribution in [1.82, 2.24) is 9.80 Å². The number of ether oxygens (including phenoxy) is 1. The van der Waals surface area contributed by atoms with E-state index in [9.17, 15) is 9.59 Å². The van der Waals surface area contributed by atoms with Crippen LogP contribution in [0.2, 0.25) is 0 Å². The van der Waals surface area contributed by atoms with E-state index in [1.165, 1.54) is 11.0 Å². The molecule has 1 atom stereocenters. The van der Waals surface area contributed by atoms with E-state index in [-0.39, 0.29) is 24.5 Å². The third kappa shape index (κ3) is 4.96. The molecule has 1 rings (SSSR count). The molecule has 0 saturated carbocycles. The lowest BCUT2D eigenvalue weighted by atomic mass is 10.2. The number of carbonyl (C=O) groups excluding carboxylic acids is 2. The Bertz CT molecular complexity index is 355. The maximum Gasteiger partial charge on any atom is 0.246 e. The van der Waals surface area contributed by atoms with Crippen molar-refractivity contribution in [3.63, 3.8) is 0 Å². The first-order chi connectivity index (χ1) is 9.47. The standard InChI is InChI=1S/C15H26N2O3/c1-5-14(18)16(6-2)10-15(19)17-8-7-13(9-17)20-11-12(3)4/h5,12-13H,1,6-11H2,2-4H3. The SMILES string of the molecule is C=CC(=O)N(CC)CC(=O)N1CCC(OCC(C)C)C1. The lowest BCUT2D eigenvalue weighted by Gasteiger charge is -2.23. The maximum absolute atomic E-state index is 12.2. The molecule has 20 heavy (non-hydrogen) atoms. The highest BCUT2D eigenvalue weighted by atomic mass is 16.5. The Labute approximate surface area is 121 Å². The summed E-state index contributed by atoms with van der Waals surface area (Å²) in [5.41, 5.74) is 0. The predicted octanol–water partition coefficient (Wildman–Crippen LogP) is 1.29. The van der Waals surface area contributed by atoms with Gasteiger partial charge in [0.2, 0.25) is 11.8 Å². The highest BCUT2D eigenvalue weighted by Crippen LogP contribution is 2.14. The molecule has 1 saturated heterocycles. The Balaban J connectivity index is 2.41. The van der Waals surface area contributed by atoms with Gasteiger partial charge in [0.05, 0.1) is 12.6 Å². The van der Waals surface area contributed by atoms with Crippen molar-refractivity contribution >= 4 is 11.8 Å². The van der Waals surface area contributed by atoms with Gasteiger partial charge >= 0.3 is 0 Å². The molecule has 5 heteroatoms. The van der Waals surface area contributed by atoms with Crippen LogP contribution in [0.3, 0.4) is 0 Å². The average Bonchev–Trinajstić information content (AvgIpc) is 2.90. The number of likely N-dealkylation sites (tertiary alicyclic amines) is 1. The second-order valence-electron chi connectivity index (χ2n) is 5.53. The van der Waals surface area contributed by atoms with Crippen molar-refractivity contribution in [3.05, 3.63) is 12.7 Å². The number of hydrogen-bond acceptors (Lipinski definition) is 3. The lowest BCUT2D eigenvalue weighted by molar-refractivity contribution is -0.137.